The smallest absolute Gasteiger partial charge is 0.272 e. The summed E-state index contributed by atoms with van der Waals surface area (Å²) in [7, 11) is 0. The number of hydrogen-bond donors (Lipinski definition) is 2. The van der Waals surface area contributed by atoms with E-state index >= 15 is 0 Å². The molecule has 1 aliphatic rings. The van der Waals surface area contributed by atoms with Gasteiger partial charge >= 0.3 is 0 Å². The minimum absolute atomic E-state index is 0.0583. The Morgan fingerprint density at radius 1 is 0.755 bits per heavy atom. The highest BCUT2D eigenvalue weighted by molar-refractivity contribution is 9.10. The molecule has 1 saturated heterocycles. The second kappa shape index (κ2) is 15.5. The standard InChI is InChI=1S/C38H28BrN5O4S/c39-27-13-11-25(12-14-27)23-33(41-36(46)26-7-3-1-4-8-26)37(47)40-28-17-21-32(22-18-28)49-34-24-35(45)44(38(34)48)31-19-15-30(16-20-31)43-42-29-9-5-2-6-10-29/h1-23,34H,24H2,(H,40,47)(H,41,46). The van der Waals surface area contributed by atoms with Crippen molar-refractivity contribution in [2.45, 2.75) is 16.6 Å². The van der Waals surface area contributed by atoms with Crippen LogP contribution in [0.25, 0.3) is 6.08 Å². The van der Waals surface area contributed by atoms with E-state index in [9.17, 15) is 19.2 Å². The number of imide groups is 1. The molecular weight excluding hydrogens is 702 g/mol. The van der Waals surface area contributed by atoms with E-state index in [2.05, 4.69) is 36.8 Å². The van der Waals surface area contributed by atoms with Gasteiger partial charge in [-0.3, -0.25) is 19.2 Å². The number of benzene rings is 5. The molecule has 1 unspecified atom stereocenters. The number of anilines is 2. The van der Waals surface area contributed by atoms with Gasteiger partial charge in [-0.1, -0.05) is 64.5 Å². The molecule has 1 atom stereocenters. The predicted molar refractivity (Wildman–Crippen MR) is 195 cm³/mol. The Morgan fingerprint density at radius 2 is 1.37 bits per heavy atom. The molecule has 6 rings (SSSR count). The van der Waals surface area contributed by atoms with Gasteiger partial charge in [-0.2, -0.15) is 10.2 Å². The molecule has 4 amide bonds. The molecule has 0 spiro atoms. The Balaban J connectivity index is 1.09. The van der Waals surface area contributed by atoms with Gasteiger partial charge in [-0.25, -0.2) is 4.90 Å². The maximum atomic E-state index is 13.4. The molecule has 0 saturated carbocycles. The number of halogens is 1. The minimum Gasteiger partial charge on any atom is -0.321 e. The lowest BCUT2D eigenvalue weighted by atomic mass is 10.1. The normalized spacial score (nSPS) is 14.7. The maximum Gasteiger partial charge on any atom is 0.272 e. The van der Waals surface area contributed by atoms with Crippen LogP contribution < -0.4 is 15.5 Å². The van der Waals surface area contributed by atoms with Crippen LogP contribution >= 0.6 is 27.7 Å². The molecule has 0 aromatic heterocycles. The van der Waals surface area contributed by atoms with Crippen molar-refractivity contribution in [3.05, 3.63) is 155 Å². The number of thioether (sulfide) groups is 1. The van der Waals surface area contributed by atoms with E-state index in [4.69, 9.17) is 0 Å². The topological polar surface area (TPSA) is 120 Å². The highest BCUT2D eigenvalue weighted by atomic mass is 79.9. The van der Waals surface area contributed by atoms with Gasteiger partial charge in [0.05, 0.1) is 22.3 Å². The fourth-order valence-corrected chi connectivity index (χ4v) is 6.21. The zero-order chi connectivity index (χ0) is 34.2. The summed E-state index contributed by atoms with van der Waals surface area (Å²) < 4.78 is 0.884. The zero-order valence-electron chi connectivity index (χ0n) is 25.8. The number of nitrogens with zero attached hydrogens (tertiary/aromatic N) is 3. The average Bonchev–Trinajstić information content (AvgIpc) is 3.41. The maximum absolute atomic E-state index is 13.4. The lowest BCUT2D eigenvalue weighted by molar-refractivity contribution is -0.121. The Hall–Kier alpha value is -5.65. The van der Waals surface area contributed by atoms with Crippen molar-refractivity contribution in [3.63, 3.8) is 0 Å². The van der Waals surface area contributed by atoms with Gasteiger partial charge in [0.2, 0.25) is 11.8 Å². The fraction of sp³-hybridized carbons (Fsp3) is 0.0526. The Bertz CT molecular complexity index is 2040. The van der Waals surface area contributed by atoms with Gasteiger partial charge < -0.3 is 10.6 Å². The molecule has 0 aliphatic carbocycles. The van der Waals surface area contributed by atoms with Gasteiger partial charge in [0.25, 0.3) is 11.8 Å². The van der Waals surface area contributed by atoms with Crippen molar-refractivity contribution in [1.82, 2.24) is 5.32 Å². The van der Waals surface area contributed by atoms with Gasteiger partial charge in [0, 0.05) is 27.0 Å². The largest absolute Gasteiger partial charge is 0.321 e. The number of carbonyl (C=O) groups is 4. The quantitative estimate of drug-likeness (QED) is 0.0847. The third-order valence-corrected chi connectivity index (χ3v) is 9.08. The molecule has 242 valence electrons. The highest BCUT2D eigenvalue weighted by Crippen LogP contribution is 2.35. The number of azo groups is 1. The van der Waals surface area contributed by atoms with Gasteiger partial charge in [-0.15, -0.1) is 11.8 Å². The van der Waals surface area contributed by atoms with E-state index in [0.29, 0.717) is 22.6 Å². The number of nitrogens with one attached hydrogen (secondary N) is 2. The van der Waals surface area contributed by atoms with Gasteiger partial charge in [-0.05, 0) is 96.6 Å². The minimum atomic E-state index is -0.598. The SMILES string of the molecule is O=C(Nc1ccc(SC2CC(=O)N(c3ccc(N=Nc4ccccc4)cc3)C2=O)cc1)C(=Cc1ccc(Br)cc1)NC(=O)c1ccccc1. The molecule has 1 fully saturated rings. The zero-order valence-corrected chi connectivity index (χ0v) is 28.2. The lowest BCUT2D eigenvalue weighted by Gasteiger charge is -2.15. The Labute approximate surface area is 295 Å². The summed E-state index contributed by atoms with van der Waals surface area (Å²) >= 11 is 4.69. The molecule has 11 heteroatoms. The molecule has 5 aromatic carbocycles. The van der Waals surface area contributed by atoms with Crippen LogP contribution in [0.2, 0.25) is 0 Å². The summed E-state index contributed by atoms with van der Waals surface area (Å²) in [4.78, 5) is 54.5. The first-order valence-corrected chi connectivity index (χ1v) is 16.8. The van der Waals surface area contributed by atoms with E-state index in [1.165, 1.54) is 16.7 Å². The molecule has 49 heavy (non-hydrogen) atoms. The van der Waals surface area contributed by atoms with Crippen LogP contribution in [0.5, 0.6) is 0 Å². The van der Waals surface area contributed by atoms with E-state index in [1.807, 2.05) is 54.6 Å². The number of carbonyl (C=O) groups excluding carboxylic acids is 4. The van der Waals surface area contributed by atoms with Crippen LogP contribution in [0.1, 0.15) is 22.3 Å². The summed E-state index contributed by atoms with van der Waals surface area (Å²) in [5.41, 5.74) is 3.49. The van der Waals surface area contributed by atoms with Crippen molar-refractivity contribution < 1.29 is 19.2 Å². The van der Waals surface area contributed by atoms with Crippen LogP contribution in [0.4, 0.5) is 22.7 Å². The van der Waals surface area contributed by atoms with Crippen molar-refractivity contribution in [1.29, 1.82) is 0 Å². The Kier molecular flexibility index (Phi) is 10.5. The third kappa shape index (κ3) is 8.64. The first-order chi connectivity index (χ1) is 23.8. The first-order valence-electron chi connectivity index (χ1n) is 15.2. The third-order valence-electron chi connectivity index (χ3n) is 7.35. The second-order valence-electron chi connectivity index (χ2n) is 10.8. The van der Waals surface area contributed by atoms with Crippen LogP contribution in [0, 0.1) is 0 Å². The number of amides is 4. The monoisotopic (exact) mass is 729 g/mol. The molecule has 5 aromatic rings. The second-order valence-corrected chi connectivity index (χ2v) is 13.0. The van der Waals surface area contributed by atoms with Crippen molar-refractivity contribution >= 4 is 80.1 Å². The molecule has 0 bridgehead atoms. The molecule has 0 radical (unpaired) electrons. The predicted octanol–water partition coefficient (Wildman–Crippen LogP) is 8.70. The fourth-order valence-electron chi connectivity index (χ4n) is 4.89. The van der Waals surface area contributed by atoms with E-state index in [-0.39, 0.29) is 23.9 Å². The van der Waals surface area contributed by atoms with E-state index < -0.39 is 17.1 Å². The van der Waals surface area contributed by atoms with Gasteiger partial charge in [0.1, 0.15) is 5.70 Å². The molecule has 1 heterocycles. The summed E-state index contributed by atoms with van der Waals surface area (Å²) in [6.07, 6.45) is 1.66. The average molecular weight is 731 g/mol. The van der Waals surface area contributed by atoms with Crippen LogP contribution in [0.15, 0.2) is 159 Å². The molecule has 9 nitrogen and oxygen atoms in total. The summed E-state index contributed by atoms with van der Waals surface area (Å²) in [6.45, 7) is 0. The van der Waals surface area contributed by atoms with Gasteiger partial charge in [0.15, 0.2) is 0 Å². The van der Waals surface area contributed by atoms with E-state index in [1.54, 1.807) is 84.9 Å². The summed E-state index contributed by atoms with van der Waals surface area (Å²) in [5, 5.41) is 13.4. The van der Waals surface area contributed by atoms with Crippen LogP contribution in [0.3, 0.4) is 0 Å². The number of hydrogen-bond acceptors (Lipinski definition) is 7. The summed E-state index contributed by atoms with van der Waals surface area (Å²) in [6, 6.07) is 39.0. The first kappa shape index (κ1) is 33.3. The van der Waals surface area contributed by atoms with Crippen molar-refractivity contribution in [2.24, 2.45) is 10.2 Å². The van der Waals surface area contributed by atoms with Crippen molar-refractivity contribution in [3.8, 4) is 0 Å². The van der Waals surface area contributed by atoms with E-state index in [0.717, 1.165) is 20.6 Å². The summed E-state index contributed by atoms with van der Waals surface area (Å²) in [5.74, 6) is -1.51. The highest BCUT2D eigenvalue weighted by Gasteiger charge is 2.40. The van der Waals surface area contributed by atoms with Crippen LogP contribution in [-0.4, -0.2) is 28.9 Å². The van der Waals surface area contributed by atoms with Crippen LogP contribution in [-0.2, 0) is 14.4 Å². The lowest BCUT2D eigenvalue weighted by Crippen LogP contribution is -2.31. The Morgan fingerprint density at radius 3 is 2.02 bits per heavy atom. The molecular formula is C38H28BrN5O4S. The number of rotatable bonds is 10. The molecule has 1 aliphatic heterocycles. The molecule has 2 N–H and O–H groups in total. The van der Waals surface area contributed by atoms with Crippen molar-refractivity contribution in [2.75, 3.05) is 10.2 Å².